The normalized spacial score (nSPS) is 15.8. The third-order valence-electron chi connectivity index (χ3n) is 5.08. The van der Waals surface area contributed by atoms with Gasteiger partial charge in [-0.3, -0.25) is 4.79 Å². The number of hydrogen-bond acceptors (Lipinski definition) is 4. The van der Waals surface area contributed by atoms with Gasteiger partial charge in [-0.05, 0) is 51.0 Å². The van der Waals surface area contributed by atoms with Crippen LogP contribution in [-0.4, -0.2) is 37.8 Å². The fourth-order valence-electron chi connectivity index (χ4n) is 3.50. The van der Waals surface area contributed by atoms with Crippen molar-refractivity contribution in [1.29, 1.82) is 0 Å². The molecule has 1 N–H and O–H groups in total. The molecular weight excluding hydrogens is 443 g/mol. The van der Waals surface area contributed by atoms with Crippen LogP contribution in [0.2, 0.25) is 5.02 Å². The molecule has 3 rings (SSSR count). The second-order valence-electron chi connectivity index (χ2n) is 7.81. The van der Waals surface area contributed by atoms with Crippen LogP contribution in [-0.2, 0) is 20.6 Å². The Morgan fingerprint density at radius 1 is 1.23 bits per heavy atom. The van der Waals surface area contributed by atoms with Crippen molar-refractivity contribution in [3.8, 4) is 5.75 Å². The summed E-state index contributed by atoms with van der Waals surface area (Å²) in [7, 11) is -3.75. The van der Waals surface area contributed by atoms with Crippen LogP contribution in [0.1, 0.15) is 32.3 Å². The molecule has 1 aliphatic heterocycles. The summed E-state index contributed by atoms with van der Waals surface area (Å²) in [6.07, 6.45) is 0.799. The molecule has 31 heavy (non-hydrogen) atoms. The highest BCUT2D eigenvalue weighted by molar-refractivity contribution is 7.88. The lowest BCUT2D eigenvalue weighted by Gasteiger charge is -2.30. The minimum absolute atomic E-state index is 0.0245. The van der Waals surface area contributed by atoms with Gasteiger partial charge >= 0.3 is 0 Å². The molecule has 1 saturated heterocycles. The summed E-state index contributed by atoms with van der Waals surface area (Å²) in [6.45, 7) is 4.24. The Hall–Kier alpha value is -2.16. The van der Waals surface area contributed by atoms with Gasteiger partial charge in [0.1, 0.15) is 11.6 Å². The Labute approximate surface area is 187 Å². The van der Waals surface area contributed by atoms with Crippen LogP contribution in [0, 0.1) is 11.7 Å². The number of sulfonamides is 1. The molecule has 0 aromatic heterocycles. The minimum atomic E-state index is -3.75. The van der Waals surface area contributed by atoms with Gasteiger partial charge in [-0.1, -0.05) is 23.7 Å². The fraction of sp³-hybridized carbons (Fsp3) is 0.409. The number of piperidine rings is 1. The molecule has 0 aliphatic carbocycles. The van der Waals surface area contributed by atoms with Crippen molar-refractivity contribution in [2.45, 2.75) is 38.5 Å². The van der Waals surface area contributed by atoms with Crippen LogP contribution < -0.4 is 10.1 Å². The third-order valence-corrected chi connectivity index (χ3v) is 7.24. The van der Waals surface area contributed by atoms with Gasteiger partial charge in [-0.15, -0.1) is 0 Å². The van der Waals surface area contributed by atoms with E-state index in [1.807, 2.05) is 19.9 Å². The molecule has 2 aromatic carbocycles. The largest absolute Gasteiger partial charge is 0.491 e. The molecule has 0 unspecified atom stereocenters. The van der Waals surface area contributed by atoms with Gasteiger partial charge in [0.2, 0.25) is 15.9 Å². The Morgan fingerprint density at radius 3 is 2.55 bits per heavy atom. The topological polar surface area (TPSA) is 75.7 Å². The van der Waals surface area contributed by atoms with Gasteiger partial charge in [0.25, 0.3) is 0 Å². The van der Waals surface area contributed by atoms with E-state index < -0.39 is 21.6 Å². The molecule has 0 saturated carbocycles. The molecule has 6 nitrogen and oxygen atoms in total. The number of carbonyl (C=O) groups is 1. The van der Waals surface area contributed by atoms with Crippen molar-refractivity contribution in [1.82, 2.24) is 4.31 Å². The molecule has 1 fully saturated rings. The van der Waals surface area contributed by atoms with Gasteiger partial charge in [-0.25, -0.2) is 17.1 Å². The lowest BCUT2D eigenvalue weighted by atomic mass is 9.97. The smallest absolute Gasteiger partial charge is 0.227 e. The number of nitrogens with one attached hydrogen (secondary N) is 1. The van der Waals surface area contributed by atoms with Crippen molar-refractivity contribution in [2.24, 2.45) is 5.92 Å². The SMILES string of the molecule is CC(C)Oc1cccc(NC(=O)C2CCN(S(=O)(=O)Cc3c(F)cccc3Cl)CC2)c1. The second kappa shape index (κ2) is 9.97. The van der Waals surface area contributed by atoms with Crippen LogP contribution in [0.25, 0.3) is 0 Å². The summed E-state index contributed by atoms with van der Waals surface area (Å²) in [4.78, 5) is 12.7. The highest BCUT2D eigenvalue weighted by atomic mass is 35.5. The first-order valence-electron chi connectivity index (χ1n) is 10.1. The summed E-state index contributed by atoms with van der Waals surface area (Å²) in [5, 5.41) is 2.96. The molecule has 168 valence electrons. The number of halogens is 2. The van der Waals surface area contributed by atoms with Gasteiger partial charge in [0, 0.05) is 41.3 Å². The first-order valence-corrected chi connectivity index (χ1v) is 12.1. The molecule has 0 radical (unpaired) electrons. The molecule has 1 heterocycles. The Balaban J connectivity index is 1.58. The lowest BCUT2D eigenvalue weighted by molar-refractivity contribution is -0.120. The predicted molar refractivity (Wildman–Crippen MR) is 119 cm³/mol. The highest BCUT2D eigenvalue weighted by Crippen LogP contribution is 2.27. The first-order chi connectivity index (χ1) is 14.7. The van der Waals surface area contributed by atoms with E-state index in [9.17, 15) is 17.6 Å². The van der Waals surface area contributed by atoms with E-state index in [1.54, 1.807) is 18.2 Å². The maximum Gasteiger partial charge on any atom is 0.227 e. The minimum Gasteiger partial charge on any atom is -0.491 e. The molecule has 0 spiro atoms. The summed E-state index contributed by atoms with van der Waals surface area (Å²) >= 11 is 5.97. The number of carbonyl (C=O) groups excluding carboxylic acids is 1. The predicted octanol–water partition coefficient (Wildman–Crippen LogP) is 4.45. The van der Waals surface area contributed by atoms with Crippen LogP contribution >= 0.6 is 11.6 Å². The third kappa shape index (κ3) is 6.18. The van der Waals surface area contributed by atoms with E-state index in [4.69, 9.17) is 16.3 Å². The standard InChI is InChI=1S/C22H26ClFN2O4S/c1-15(2)30-18-6-3-5-17(13-18)25-22(27)16-9-11-26(12-10-16)31(28,29)14-19-20(23)7-4-8-21(19)24/h3-8,13,15-16H,9-12,14H2,1-2H3,(H,25,27). The Bertz CT molecular complexity index is 1020. The molecule has 1 amide bonds. The quantitative estimate of drug-likeness (QED) is 0.651. The maximum atomic E-state index is 14.0. The summed E-state index contributed by atoms with van der Waals surface area (Å²) in [5.41, 5.74) is 0.597. The molecular formula is C22H26ClFN2O4S. The van der Waals surface area contributed by atoms with Crippen molar-refractivity contribution >= 4 is 33.2 Å². The van der Waals surface area contributed by atoms with E-state index in [0.717, 1.165) is 0 Å². The average molecular weight is 469 g/mol. The number of ether oxygens (including phenoxy) is 1. The van der Waals surface area contributed by atoms with E-state index in [-0.39, 0.29) is 41.6 Å². The molecule has 0 bridgehead atoms. The van der Waals surface area contributed by atoms with E-state index in [1.165, 1.54) is 22.5 Å². The molecule has 0 atom stereocenters. The average Bonchev–Trinajstić information content (AvgIpc) is 2.71. The zero-order chi connectivity index (χ0) is 22.6. The molecule has 9 heteroatoms. The number of hydrogen-bond donors (Lipinski definition) is 1. The van der Waals surface area contributed by atoms with Crippen molar-refractivity contribution < 1.29 is 22.3 Å². The Morgan fingerprint density at radius 2 is 1.90 bits per heavy atom. The first kappa shape index (κ1) is 23.5. The highest BCUT2D eigenvalue weighted by Gasteiger charge is 2.32. The molecule has 2 aromatic rings. The monoisotopic (exact) mass is 468 g/mol. The van der Waals surface area contributed by atoms with Crippen molar-refractivity contribution in [3.63, 3.8) is 0 Å². The zero-order valence-electron chi connectivity index (χ0n) is 17.5. The fourth-order valence-corrected chi connectivity index (χ4v) is 5.42. The summed E-state index contributed by atoms with van der Waals surface area (Å²) in [6, 6.07) is 11.2. The number of benzene rings is 2. The van der Waals surface area contributed by atoms with Crippen LogP contribution in [0.4, 0.5) is 10.1 Å². The number of rotatable bonds is 7. The van der Waals surface area contributed by atoms with Crippen molar-refractivity contribution in [2.75, 3.05) is 18.4 Å². The van der Waals surface area contributed by atoms with Gasteiger partial charge < -0.3 is 10.1 Å². The summed E-state index contributed by atoms with van der Waals surface area (Å²) < 4.78 is 46.4. The number of amides is 1. The van der Waals surface area contributed by atoms with Gasteiger partial charge in [0.15, 0.2) is 0 Å². The summed E-state index contributed by atoms with van der Waals surface area (Å²) in [5.74, 6) is -0.943. The van der Waals surface area contributed by atoms with Crippen molar-refractivity contribution in [3.05, 3.63) is 58.9 Å². The van der Waals surface area contributed by atoms with E-state index >= 15 is 0 Å². The van der Waals surface area contributed by atoms with E-state index in [2.05, 4.69) is 5.32 Å². The Kier molecular flexibility index (Phi) is 7.56. The van der Waals surface area contributed by atoms with Crippen LogP contribution in [0.15, 0.2) is 42.5 Å². The van der Waals surface area contributed by atoms with Crippen LogP contribution in [0.5, 0.6) is 5.75 Å². The van der Waals surface area contributed by atoms with E-state index in [0.29, 0.717) is 24.3 Å². The number of anilines is 1. The van der Waals surface area contributed by atoms with Gasteiger partial charge in [-0.2, -0.15) is 0 Å². The lowest BCUT2D eigenvalue weighted by Crippen LogP contribution is -2.42. The zero-order valence-corrected chi connectivity index (χ0v) is 19.0. The molecule has 1 aliphatic rings. The second-order valence-corrected chi connectivity index (χ2v) is 10.2. The number of nitrogens with zero attached hydrogens (tertiary/aromatic N) is 1. The van der Waals surface area contributed by atoms with Crippen LogP contribution in [0.3, 0.4) is 0 Å². The van der Waals surface area contributed by atoms with Gasteiger partial charge in [0.05, 0.1) is 11.9 Å². The maximum absolute atomic E-state index is 14.0.